The fourth-order valence-corrected chi connectivity index (χ4v) is 3.68. The van der Waals surface area contributed by atoms with E-state index < -0.39 is 47.1 Å². The van der Waals surface area contributed by atoms with E-state index in [9.17, 15) is 19.2 Å². The quantitative estimate of drug-likeness (QED) is 0.319. The van der Waals surface area contributed by atoms with Crippen LogP contribution in [0.4, 0.5) is 4.79 Å². The molecule has 0 saturated carbocycles. The molecule has 202 valence electrons. The lowest BCUT2D eigenvalue weighted by molar-refractivity contribution is -0.148. The third kappa shape index (κ3) is 10.1. The Morgan fingerprint density at radius 2 is 1.61 bits per heavy atom. The van der Waals surface area contributed by atoms with Gasteiger partial charge in [-0.1, -0.05) is 29.8 Å². The molecule has 9 nitrogen and oxygen atoms in total. The number of nitrogens with zero attached hydrogens (tertiary/aromatic N) is 1. The molecule has 1 aromatic rings. The van der Waals surface area contributed by atoms with E-state index in [0.29, 0.717) is 5.56 Å². The molecule has 3 amide bonds. The van der Waals surface area contributed by atoms with Gasteiger partial charge in [0.2, 0.25) is 11.8 Å². The van der Waals surface area contributed by atoms with Crippen molar-refractivity contribution in [1.82, 2.24) is 15.5 Å². The van der Waals surface area contributed by atoms with Crippen molar-refractivity contribution in [1.29, 1.82) is 0 Å². The minimum absolute atomic E-state index is 0.00310. The zero-order valence-corrected chi connectivity index (χ0v) is 23.5. The maximum absolute atomic E-state index is 13.8. The van der Waals surface area contributed by atoms with Crippen LogP contribution in [0.15, 0.2) is 24.3 Å². The summed E-state index contributed by atoms with van der Waals surface area (Å²) in [5, 5.41) is 5.34. The molecule has 0 spiro atoms. The van der Waals surface area contributed by atoms with Crippen molar-refractivity contribution in [3.8, 4) is 0 Å². The highest BCUT2D eigenvalue weighted by Crippen LogP contribution is 2.30. The number of rotatable bonds is 10. The number of hydrogen-bond donors (Lipinski definition) is 3. The topological polar surface area (TPSA) is 114 Å². The number of esters is 1. The van der Waals surface area contributed by atoms with Crippen LogP contribution in [0.25, 0.3) is 0 Å². The summed E-state index contributed by atoms with van der Waals surface area (Å²) in [7, 11) is 0. The first-order valence-electron chi connectivity index (χ1n) is 12.0. The van der Waals surface area contributed by atoms with E-state index in [4.69, 9.17) is 9.47 Å². The number of amides is 3. The average Bonchev–Trinajstić information content (AvgIpc) is 2.74. The standard InChI is InChI=1S/C26H41N3O6S/c1-9-34-20(30)14-15-27-22(31)21(18-12-10-17(2)11-13-18)29(25(3,4)5)23(32)19(16-36)28-24(33)35-26(6,7)8/h10-13,19,21,36H,9,14-16H2,1-8H3,(H,27,31)(H,28,33). The Hall–Kier alpha value is -2.75. The summed E-state index contributed by atoms with van der Waals surface area (Å²) in [6.45, 7) is 14.5. The van der Waals surface area contributed by atoms with Crippen molar-refractivity contribution in [2.45, 2.75) is 85.0 Å². The summed E-state index contributed by atoms with van der Waals surface area (Å²) in [6, 6.07) is 5.22. The van der Waals surface area contributed by atoms with E-state index in [0.717, 1.165) is 5.56 Å². The van der Waals surface area contributed by atoms with Crippen molar-refractivity contribution < 1.29 is 28.7 Å². The van der Waals surface area contributed by atoms with E-state index in [-0.39, 0.29) is 25.3 Å². The predicted octanol–water partition coefficient (Wildman–Crippen LogP) is 3.56. The normalized spacial score (nSPS) is 13.2. The molecule has 36 heavy (non-hydrogen) atoms. The van der Waals surface area contributed by atoms with Crippen LogP contribution < -0.4 is 10.6 Å². The van der Waals surface area contributed by atoms with E-state index in [1.165, 1.54) is 4.90 Å². The molecule has 0 heterocycles. The van der Waals surface area contributed by atoms with Gasteiger partial charge in [-0.2, -0.15) is 12.6 Å². The molecule has 0 bridgehead atoms. The number of carbonyl (C=O) groups is 4. The number of ether oxygens (including phenoxy) is 2. The van der Waals surface area contributed by atoms with Crippen molar-refractivity contribution in [3.05, 3.63) is 35.4 Å². The van der Waals surface area contributed by atoms with Crippen LogP contribution in [0, 0.1) is 6.92 Å². The highest BCUT2D eigenvalue weighted by molar-refractivity contribution is 7.80. The van der Waals surface area contributed by atoms with Gasteiger partial charge in [0.15, 0.2) is 0 Å². The van der Waals surface area contributed by atoms with Gasteiger partial charge >= 0.3 is 12.1 Å². The molecule has 0 aliphatic carbocycles. The van der Waals surface area contributed by atoms with Gasteiger partial charge in [-0.05, 0) is 61.0 Å². The van der Waals surface area contributed by atoms with Crippen LogP contribution in [0.3, 0.4) is 0 Å². The molecule has 2 N–H and O–H groups in total. The van der Waals surface area contributed by atoms with E-state index in [1.807, 2.05) is 19.1 Å². The van der Waals surface area contributed by atoms with Gasteiger partial charge in [-0.15, -0.1) is 0 Å². The number of thiol groups is 1. The Balaban J connectivity index is 3.35. The minimum atomic E-state index is -1.04. The molecule has 10 heteroatoms. The smallest absolute Gasteiger partial charge is 0.408 e. The van der Waals surface area contributed by atoms with Gasteiger partial charge in [0.05, 0.1) is 13.0 Å². The van der Waals surface area contributed by atoms with E-state index in [2.05, 4.69) is 23.3 Å². The fourth-order valence-electron chi connectivity index (χ4n) is 3.43. The Kier molecular flexibility index (Phi) is 11.8. The second-order valence-corrected chi connectivity index (χ2v) is 10.8. The molecule has 1 aromatic carbocycles. The lowest BCUT2D eigenvalue weighted by Gasteiger charge is -2.43. The van der Waals surface area contributed by atoms with E-state index in [1.54, 1.807) is 60.6 Å². The summed E-state index contributed by atoms with van der Waals surface area (Å²) in [4.78, 5) is 52.9. The summed E-state index contributed by atoms with van der Waals surface area (Å²) in [6.07, 6.45) is -0.752. The van der Waals surface area contributed by atoms with Crippen LogP contribution in [0.2, 0.25) is 0 Å². The van der Waals surface area contributed by atoms with E-state index >= 15 is 0 Å². The molecular weight excluding hydrogens is 482 g/mol. The van der Waals surface area contributed by atoms with Gasteiger partial charge in [-0.25, -0.2) is 4.79 Å². The largest absolute Gasteiger partial charge is 0.466 e. The van der Waals surface area contributed by atoms with Gasteiger partial charge < -0.3 is 25.0 Å². The summed E-state index contributed by atoms with van der Waals surface area (Å²) >= 11 is 4.28. The fraction of sp³-hybridized carbons (Fsp3) is 0.615. The Morgan fingerprint density at radius 1 is 1.03 bits per heavy atom. The van der Waals surface area contributed by atoms with Crippen molar-refractivity contribution >= 4 is 36.5 Å². The molecule has 0 aromatic heterocycles. The molecule has 0 radical (unpaired) electrons. The van der Waals surface area contributed by atoms with Gasteiger partial charge in [-0.3, -0.25) is 14.4 Å². The number of benzene rings is 1. The predicted molar refractivity (Wildman–Crippen MR) is 142 cm³/mol. The SMILES string of the molecule is CCOC(=O)CCNC(=O)C(c1ccc(C)cc1)N(C(=O)C(CS)NC(=O)OC(C)(C)C)C(C)(C)C. The highest BCUT2D eigenvalue weighted by Gasteiger charge is 2.41. The minimum Gasteiger partial charge on any atom is -0.466 e. The molecule has 0 saturated heterocycles. The molecule has 2 atom stereocenters. The van der Waals surface area contributed by atoms with Crippen LogP contribution >= 0.6 is 12.6 Å². The molecule has 1 rings (SSSR count). The lowest BCUT2D eigenvalue weighted by Crippen LogP contribution is -2.59. The van der Waals surface area contributed by atoms with Crippen LogP contribution in [0.1, 0.15) is 72.1 Å². The molecular formula is C26H41N3O6S. The van der Waals surface area contributed by atoms with Crippen molar-refractivity contribution in [2.75, 3.05) is 18.9 Å². The third-order valence-electron chi connectivity index (χ3n) is 4.97. The first-order valence-corrected chi connectivity index (χ1v) is 12.7. The summed E-state index contributed by atoms with van der Waals surface area (Å²) in [5.41, 5.74) is 0.0183. The summed E-state index contributed by atoms with van der Waals surface area (Å²) in [5.74, 6) is -1.38. The third-order valence-corrected chi connectivity index (χ3v) is 5.33. The second kappa shape index (κ2) is 13.5. The van der Waals surface area contributed by atoms with Gasteiger partial charge in [0.1, 0.15) is 17.7 Å². The first-order chi connectivity index (χ1) is 16.6. The monoisotopic (exact) mass is 523 g/mol. The number of aryl methyl sites for hydroxylation is 1. The molecule has 0 fully saturated rings. The summed E-state index contributed by atoms with van der Waals surface area (Å²) < 4.78 is 10.2. The number of hydrogen-bond acceptors (Lipinski definition) is 7. The van der Waals surface area contributed by atoms with Gasteiger partial charge in [0, 0.05) is 17.8 Å². The first kappa shape index (κ1) is 31.3. The molecule has 2 unspecified atom stereocenters. The Labute approximate surface area is 220 Å². The lowest BCUT2D eigenvalue weighted by atomic mass is 9.95. The van der Waals surface area contributed by atoms with Crippen molar-refractivity contribution in [2.24, 2.45) is 0 Å². The molecule has 0 aliphatic rings. The molecule has 0 aliphatic heterocycles. The highest BCUT2D eigenvalue weighted by atomic mass is 32.1. The maximum Gasteiger partial charge on any atom is 0.408 e. The number of alkyl carbamates (subject to hydrolysis) is 1. The maximum atomic E-state index is 13.8. The van der Waals surface area contributed by atoms with Crippen LogP contribution in [0.5, 0.6) is 0 Å². The number of carbonyl (C=O) groups excluding carboxylic acids is 4. The van der Waals surface area contributed by atoms with Crippen molar-refractivity contribution in [3.63, 3.8) is 0 Å². The van der Waals surface area contributed by atoms with Gasteiger partial charge in [0.25, 0.3) is 0 Å². The Bertz CT molecular complexity index is 906. The zero-order valence-electron chi connectivity index (χ0n) is 22.6. The zero-order chi connectivity index (χ0) is 27.7. The number of nitrogens with one attached hydrogen (secondary N) is 2. The average molecular weight is 524 g/mol. The second-order valence-electron chi connectivity index (χ2n) is 10.4. The Morgan fingerprint density at radius 3 is 2.08 bits per heavy atom. The van der Waals surface area contributed by atoms with Crippen LogP contribution in [-0.2, 0) is 23.9 Å². The van der Waals surface area contributed by atoms with Crippen LogP contribution in [-0.4, -0.2) is 64.9 Å².